The Bertz CT molecular complexity index is 1390. The summed E-state index contributed by atoms with van der Waals surface area (Å²) in [6.45, 7) is 16.9. The molecule has 0 aliphatic carbocycles. The average Bonchev–Trinajstić information content (AvgIpc) is 3.34. The Labute approximate surface area is 253 Å². The number of aryl methyl sites for hydroxylation is 1. The number of hydrogen-bond donors (Lipinski definition) is 2. The highest BCUT2D eigenvalue weighted by Gasteiger charge is 2.22. The smallest absolute Gasteiger partial charge is 0.220 e. The number of rotatable bonds is 15. The minimum absolute atomic E-state index is 0.0215. The number of carbonyl (C=O) groups excluding carboxylic acids is 1. The van der Waals surface area contributed by atoms with E-state index >= 15 is 0 Å². The van der Waals surface area contributed by atoms with Crippen molar-refractivity contribution in [3.05, 3.63) is 65.0 Å². The zero-order valence-electron chi connectivity index (χ0n) is 26.2. The molecule has 1 aromatic carbocycles. The number of aliphatic hydroxyl groups is 1. The van der Waals surface area contributed by atoms with Gasteiger partial charge in [0.15, 0.2) is 5.65 Å². The van der Waals surface area contributed by atoms with E-state index in [1.54, 1.807) is 6.92 Å². The summed E-state index contributed by atoms with van der Waals surface area (Å²) in [5.74, 6) is 1.65. The molecule has 2 radical (unpaired) electrons. The van der Waals surface area contributed by atoms with Gasteiger partial charge in [-0.1, -0.05) is 64.3 Å². The number of nitrogens with zero attached hydrogens (tertiary/aromatic N) is 4. The van der Waals surface area contributed by atoms with Crippen LogP contribution in [0.4, 0.5) is 5.82 Å². The van der Waals surface area contributed by atoms with Crippen LogP contribution < -0.4 is 10.2 Å². The lowest BCUT2D eigenvalue weighted by molar-refractivity contribution is -0.121. The molecule has 3 unspecified atom stereocenters. The molecular formula is C34H48BN5O2. The third kappa shape index (κ3) is 7.83. The molecule has 0 saturated carbocycles. The van der Waals surface area contributed by atoms with Crippen LogP contribution >= 0.6 is 0 Å². The second kappa shape index (κ2) is 13.9. The van der Waals surface area contributed by atoms with Crippen LogP contribution in [-0.2, 0) is 16.7 Å². The standard InChI is InChI=1S/C34H48BN5O2/c1-7-8-9-11-24(4)29-21-32-37-31(39-18-10-19-39)22-30(40(32)38-29)25(5)16-17-36-33(41)15-13-26-12-14-27(34(6,35)42)20-28(26)23(2)3/h12,14,20-22,24-25,42H,2,7-11,13,15-19H2,1,3-6H3,(H,36,41). The molecule has 0 spiro atoms. The second-order valence-corrected chi connectivity index (χ2v) is 12.5. The number of fused-ring (bicyclic) bond motifs is 1. The van der Waals surface area contributed by atoms with Gasteiger partial charge in [-0.05, 0) is 62.3 Å². The van der Waals surface area contributed by atoms with Crippen LogP contribution in [0.15, 0.2) is 36.9 Å². The molecule has 4 rings (SSSR count). The lowest BCUT2D eigenvalue weighted by Gasteiger charge is -2.32. The van der Waals surface area contributed by atoms with Gasteiger partial charge in [0, 0.05) is 55.5 Å². The predicted octanol–water partition coefficient (Wildman–Crippen LogP) is 6.23. The normalized spacial score (nSPS) is 16.1. The molecular weight excluding hydrogens is 521 g/mol. The molecule has 1 aliphatic heterocycles. The van der Waals surface area contributed by atoms with Gasteiger partial charge >= 0.3 is 0 Å². The molecule has 2 N–H and O–H groups in total. The van der Waals surface area contributed by atoms with E-state index in [1.165, 1.54) is 25.7 Å². The average molecular weight is 570 g/mol. The van der Waals surface area contributed by atoms with Gasteiger partial charge in [-0.2, -0.15) is 5.10 Å². The van der Waals surface area contributed by atoms with E-state index in [9.17, 15) is 9.90 Å². The molecule has 0 bridgehead atoms. The van der Waals surface area contributed by atoms with E-state index in [2.05, 4.69) is 49.7 Å². The Kier molecular flexibility index (Phi) is 10.5. The molecule has 3 heterocycles. The first-order valence-corrected chi connectivity index (χ1v) is 15.7. The molecule has 8 heteroatoms. The molecule has 1 aliphatic rings. The Hall–Kier alpha value is -3.13. The fourth-order valence-electron chi connectivity index (χ4n) is 5.57. The van der Waals surface area contributed by atoms with E-state index in [4.69, 9.17) is 17.9 Å². The number of allylic oxidation sites excluding steroid dienone is 1. The van der Waals surface area contributed by atoms with Crippen molar-refractivity contribution in [1.29, 1.82) is 0 Å². The van der Waals surface area contributed by atoms with Gasteiger partial charge in [0.25, 0.3) is 0 Å². The molecule has 1 amide bonds. The van der Waals surface area contributed by atoms with Gasteiger partial charge in [0.2, 0.25) is 5.91 Å². The van der Waals surface area contributed by atoms with Crippen molar-refractivity contribution in [3.8, 4) is 0 Å². The summed E-state index contributed by atoms with van der Waals surface area (Å²) in [7, 11) is 5.87. The Morgan fingerprint density at radius 2 is 1.93 bits per heavy atom. The highest BCUT2D eigenvalue weighted by atomic mass is 16.3. The number of aromatic nitrogens is 3. The highest BCUT2D eigenvalue weighted by Crippen LogP contribution is 2.29. The number of anilines is 1. The Balaban J connectivity index is 1.39. The summed E-state index contributed by atoms with van der Waals surface area (Å²) in [6.07, 6.45) is 7.81. The first-order valence-electron chi connectivity index (χ1n) is 15.7. The fraction of sp³-hybridized carbons (Fsp3) is 0.559. The van der Waals surface area contributed by atoms with E-state index in [0.29, 0.717) is 30.9 Å². The third-order valence-electron chi connectivity index (χ3n) is 8.57. The largest absolute Gasteiger partial charge is 0.396 e. The zero-order chi connectivity index (χ0) is 30.4. The van der Waals surface area contributed by atoms with Crippen LogP contribution in [-0.4, -0.2) is 53.1 Å². The minimum atomic E-state index is -1.42. The third-order valence-corrected chi connectivity index (χ3v) is 8.57. The molecule has 1 fully saturated rings. The topological polar surface area (TPSA) is 82.8 Å². The van der Waals surface area contributed by atoms with E-state index in [0.717, 1.165) is 65.5 Å². The lowest BCUT2D eigenvalue weighted by atomic mass is 9.76. The number of carbonyl (C=O) groups is 1. The van der Waals surface area contributed by atoms with Gasteiger partial charge in [0.1, 0.15) is 13.7 Å². The minimum Gasteiger partial charge on any atom is -0.396 e. The number of amides is 1. The van der Waals surface area contributed by atoms with Crippen LogP contribution in [0, 0.1) is 0 Å². The summed E-state index contributed by atoms with van der Waals surface area (Å²) >= 11 is 0. The molecule has 2 aromatic heterocycles. The monoisotopic (exact) mass is 569 g/mol. The molecule has 7 nitrogen and oxygen atoms in total. The van der Waals surface area contributed by atoms with Gasteiger partial charge in [-0.3, -0.25) is 4.79 Å². The van der Waals surface area contributed by atoms with Crippen molar-refractivity contribution in [2.24, 2.45) is 0 Å². The lowest BCUT2D eigenvalue weighted by Crippen LogP contribution is -2.37. The van der Waals surface area contributed by atoms with Crippen molar-refractivity contribution in [1.82, 2.24) is 19.9 Å². The number of nitrogens with one attached hydrogen (secondary N) is 1. The van der Waals surface area contributed by atoms with Crippen molar-refractivity contribution >= 4 is 30.8 Å². The van der Waals surface area contributed by atoms with Gasteiger partial charge in [-0.15, -0.1) is 0 Å². The van der Waals surface area contributed by atoms with Crippen LogP contribution in [0.1, 0.15) is 119 Å². The molecule has 3 atom stereocenters. The Morgan fingerprint density at radius 3 is 2.57 bits per heavy atom. The maximum absolute atomic E-state index is 12.8. The van der Waals surface area contributed by atoms with Gasteiger partial charge in [0.05, 0.1) is 11.4 Å². The van der Waals surface area contributed by atoms with Crippen LogP contribution in [0.25, 0.3) is 11.2 Å². The number of unbranched alkanes of at least 4 members (excludes halogenated alkanes) is 2. The summed E-state index contributed by atoms with van der Waals surface area (Å²) in [5.41, 5.74) is 5.20. The highest BCUT2D eigenvalue weighted by molar-refractivity contribution is 6.14. The predicted molar refractivity (Wildman–Crippen MR) is 173 cm³/mol. The SMILES string of the molecule is [B]C(C)(O)c1ccc(CCC(=O)NCCC(C)c2cc(N3CCC3)nc3cc(C(C)CCCCC)nn23)c(C(=C)C)c1. The number of hydrogen-bond acceptors (Lipinski definition) is 5. The zero-order valence-corrected chi connectivity index (χ0v) is 26.2. The van der Waals surface area contributed by atoms with Crippen molar-refractivity contribution in [2.45, 2.75) is 103 Å². The second-order valence-electron chi connectivity index (χ2n) is 12.5. The quantitative estimate of drug-likeness (QED) is 0.167. The molecule has 224 valence electrons. The van der Waals surface area contributed by atoms with Crippen LogP contribution in [0.5, 0.6) is 0 Å². The van der Waals surface area contributed by atoms with E-state index < -0.39 is 5.50 Å². The fourth-order valence-corrected chi connectivity index (χ4v) is 5.57. The first kappa shape index (κ1) is 31.8. The van der Waals surface area contributed by atoms with E-state index in [-0.39, 0.29) is 11.8 Å². The van der Waals surface area contributed by atoms with Gasteiger partial charge < -0.3 is 15.3 Å². The van der Waals surface area contributed by atoms with Gasteiger partial charge in [-0.25, -0.2) is 9.50 Å². The maximum atomic E-state index is 12.8. The van der Waals surface area contributed by atoms with Crippen LogP contribution in [0.3, 0.4) is 0 Å². The maximum Gasteiger partial charge on any atom is 0.220 e. The number of benzene rings is 1. The van der Waals surface area contributed by atoms with Crippen LogP contribution in [0.2, 0.25) is 0 Å². The molecule has 3 aromatic rings. The van der Waals surface area contributed by atoms with Crippen molar-refractivity contribution in [3.63, 3.8) is 0 Å². The summed E-state index contributed by atoms with van der Waals surface area (Å²) in [5, 5.41) is 18.3. The van der Waals surface area contributed by atoms with E-state index in [1.807, 2.05) is 29.6 Å². The summed E-state index contributed by atoms with van der Waals surface area (Å²) < 4.78 is 2.03. The van der Waals surface area contributed by atoms with Crippen molar-refractivity contribution in [2.75, 3.05) is 24.5 Å². The first-order chi connectivity index (χ1) is 20.0. The Morgan fingerprint density at radius 1 is 1.17 bits per heavy atom. The van der Waals surface area contributed by atoms with Crippen molar-refractivity contribution < 1.29 is 9.90 Å². The molecule has 1 saturated heterocycles. The summed E-state index contributed by atoms with van der Waals surface area (Å²) in [6, 6.07) is 9.98. The summed E-state index contributed by atoms with van der Waals surface area (Å²) in [4.78, 5) is 20.1. The molecule has 42 heavy (non-hydrogen) atoms.